The largest absolute Gasteiger partial charge is 0.467 e. The van der Waals surface area contributed by atoms with Crippen LogP contribution in [0.4, 0.5) is 0 Å². The summed E-state index contributed by atoms with van der Waals surface area (Å²) >= 11 is 0. The number of carbonyl (C=O) groups excluding carboxylic acids is 3. The molecule has 6 heteroatoms. The highest BCUT2D eigenvalue weighted by atomic mass is 16.5. The second kappa shape index (κ2) is 7.99. The fourth-order valence-corrected chi connectivity index (χ4v) is 2.51. The minimum absolute atomic E-state index is 0.0209. The standard InChI is InChI=1S/C14H23NO5/c1-3-4-5-12(14(19)20-2)15-13(18)11-7-10(17)6-9(11)8-16/h9,11-12,16H,3-8H2,1-2H3,(H,15,18)/t9-,11+,12-/m0/s1. The smallest absolute Gasteiger partial charge is 0.328 e. The number of methoxy groups -OCH3 is 1. The van der Waals surface area contributed by atoms with Gasteiger partial charge in [0.25, 0.3) is 0 Å². The summed E-state index contributed by atoms with van der Waals surface area (Å²) < 4.78 is 4.68. The van der Waals surface area contributed by atoms with Crippen LogP contribution in [0.25, 0.3) is 0 Å². The summed E-state index contributed by atoms with van der Waals surface area (Å²) in [6, 6.07) is -0.678. The molecule has 0 aliphatic heterocycles. The van der Waals surface area contributed by atoms with Gasteiger partial charge < -0.3 is 15.2 Å². The van der Waals surface area contributed by atoms with Crippen LogP contribution >= 0.6 is 0 Å². The molecule has 0 radical (unpaired) electrons. The fraction of sp³-hybridized carbons (Fsp3) is 0.786. The third kappa shape index (κ3) is 4.30. The topological polar surface area (TPSA) is 92.7 Å². The Labute approximate surface area is 118 Å². The zero-order chi connectivity index (χ0) is 15.1. The van der Waals surface area contributed by atoms with Gasteiger partial charge in [-0.25, -0.2) is 4.79 Å². The Morgan fingerprint density at radius 1 is 1.45 bits per heavy atom. The molecule has 0 heterocycles. The lowest BCUT2D eigenvalue weighted by molar-refractivity contribution is -0.146. The predicted octanol–water partition coefficient (Wildman–Crippen LogP) is 0.422. The van der Waals surface area contributed by atoms with Crippen LogP contribution in [-0.4, -0.2) is 42.5 Å². The third-order valence-corrected chi connectivity index (χ3v) is 3.73. The minimum atomic E-state index is -0.678. The normalized spacial score (nSPS) is 23.4. The Balaban J connectivity index is 2.64. The van der Waals surface area contributed by atoms with Gasteiger partial charge in [0.15, 0.2) is 0 Å². The number of amides is 1. The number of carbonyl (C=O) groups is 3. The lowest BCUT2D eigenvalue weighted by Crippen LogP contribution is -2.45. The van der Waals surface area contributed by atoms with Gasteiger partial charge in [-0.2, -0.15) is 0 Å². The maximum absolute atomic E-state index is 12.2. The summed E-state index contributed by atoms with van der Waals surface area (Å²) in [4.78, 5) is 35.2. The van der Waals surface area contributed by atoms with Crippen LogP contribution in [0.1, 0.15) is 39.0 Å². The molecule has 1 saturated carbocycles. The first-order valence-electron chi connectivity index (χ1n) is 7.04. The molecule has 0 bridgehead atoms. The molecule has 0 aromatic heterocycles. The average Bonchev–Trinajstić information content (AvgIpc) is 2.83. The van der Waals surface area contributed by atoms with Crippen LogP contribution in [0, 0.1) is 11.8 Å². The van der Waals surface area contributed by atoms with Crippen LogP contribution in [0.2, 0.25) is 0 Å². The van der Waals surface area contributed by atoms with E-state index >= 15 is 0 Å². The van der Waals surface area contributed by atoms with E-state index < -0.39 is 17.9 Å². The van der Waals surface area contributed by atoms with E-state index in [1.807, 2.05) is 6.92 Å². The van der Waals surface area contributed by atoms with Crippen molar-refractivity contribution in [3.63, 3.8) is 0 Å². The number of ketones is 1. The molecule has 0 aromatic rings. The Morgan fingerprint density at radius 2 is 2.15 bits per heavy atom. The van der Waals surface area contributed by atoms with E-state index in [0.29, 0.717) is 6.42 Å². The fourth-order valence-electron chi connectivity index (χ4n) is 2.51. The van der Waals surface area contributed by atoms with Gasteiger partial charge in [-0.05, 0) is 6.42 Å². The van der Waals surface area contributed by atoms with Crippen molar-refractivity contribution in [1.29, 1.82) is 0 Å². The van der Waals surface area contributed by atoms with E-state index in [1.54, 1.807) is 0 Å². The van der Waals surface area contributed by atoms with E-state index in [9.17, 15) is 19.5 Å². The molecule has 20 heavy (non-hydrogen) atoms. The third-order valence-electron chi connectivity index (χ3n) is 3.73. The zero-order valence-electron chi connectivity index (χ0n) is 12.1. The number of Topliss-reactive ketones (excluding diaryl/α,β-unsaturated/α-hetero) is 1. The zero-order valence-corrected chi connectivity index (χ0v) is 12.1. The van der Waals surface area contributed by atoms with Crippen LogP contribution in [0.5, 0.6) is 0 Å². The summed E-state index contributed by atoms with van der Waals surface area (Å²) in [6.07, 6.45) is 2.59. The maximum atomic E-state index is 12.2. The number of unbranched alkanes of at least 4 members (excludes halogenated alkanes) is 1. The Kier molecular flexibility index (Phi) is 6.64. The average molecular weight is 285 g/mol. The summed E-state index contributed by atoms with van der Waals surface area (Å²) in [5.41, 5.74) is 0. The van der Waals surface area contributed by atoms with Crippen molar-refractivity contribution in [3.05, 3.63) is 0 Å². The summed E-state index contributed by atoms with van der Waals surface area (Å²) in [5, 5.41) is 11.9. The van der Waals surface area contributed by atoms with Crippen molar-refractivity contribution in [3.8, 4) is 0 Å². The molecule has 1 rings (SSSR count). The summed E-state index contributed by atoms with van der Waals surface area (Å²) in [5.74, 6) is -1.72. The van der Waals surface area contributed by atoms with Crippen molar-refractivity contribution in [2.24, 2.45) is 11.8 Å². The maximum Gasteiger partial charge on any atom is 0.328 e. The van der Waals surface area contributed by atoms with Crippen LogP contribution in [0.15, 0.2) is 0 Å². The molecule has 1 fully saturated rings. The molecule has 1 aliphatic rings. The predicted molar refractivity (Wildman–Crippen MR) is 71.8 cm³/mol. The highest BCUT2D eigenvalue weighted by molar-refractivity contribution is 5.92. The molecule has 0 unspecified atom stereocenters. The van der Waals surface area contributed by atoms with Gasteiger partial charge in [0.05, 0.1) is 13.0 Å². The van der Waals surface area contributed by atoms with Gasteiger partial charge in [0.1, 0.15) is 11.8 Å². The first-order chi connectivity index (χ1) is 9.53. The number of hydrogen-bond donors (Lipinski definition) is 2. The molecule has 1 amide bonds. The molecule has 0 spiro atoms. The molecule has 2 N–H and O–H groups in total. The number of hydrogen-bond acceptors (Lipinski definition) is 5. The number of nitrogens with one attached hydrogen (secondary N) is 1. The van der Waals surface area contributed by atoms with E-state index in [1.165, 1.54) is 7.11 Å². The van der Waals surface area contributed by atoms with Crippen molar-refractivity contribution in [1.82, 2.24) is 5.32 Å². The SMILES string of the molecule is CCCC[C@H](NC(=O)[C@@H]1CC(=O)C[C@H]1CO)C(=O)OC. The minimum Gasteiger partial charge on any atom is -0.467 e. The van der Waals surface area contributed by atoms with Gasteiger partial charge in [-0.3, -0.25) is 9.59 Å². The van der Waals surface area contributed by atoms with E-state index in [4.69, 9.17) is 0 Å². The first kappa shape index (κ1) is 16.6. The molecule has 0 aromatic carbocycles. The van der Waals surface area contributed by atoms with Gasteiger partial charge in [0.2, 0.25) is 5.91 Å². The van der Waals surface area contributed by atoms with Crippen LogP contribution in [-0.2, 0) is 19.1 Å². The first-order valence-corrected chi connectivity index (χ1v) is 7.04. The molecule has 114 valence electrons. The molecule has 1 aliphatic carbocycles. The number of aliphatic hydroxyl groups excluding tert-OH is 1. The van der Waals surface area contributed by atoms with E-state index in [2.05, 4.69) is 10.1 Å². The summed E-state index contributed by atoms with van der Waals surface area (Å²) in [7, 11) is 1.28. The number of esters is 1. The van der Waals surface area contributed by atoms with Crippen molar-refractivity contribution in [2.45, 2.75) is 45.1 Å². The Morgan fingerprint density at radius 3 is 2.70 bits per heavy atom. The van der Waals surface area contributed by atoms with Crippen molar-refractivity contribution < 1.29 is 24.2 Å². The lowest BCUT2D eigenvalue weighted by Gasteiger charge is -2.21. The van der Waals surface area contributed by atoms with Gasteiger partial charge >= 0.3 is 5.97 Å². The van der Waals surface area contributed by atoms with Crippen molar-refractivity contribution >= 4 is 17.7 Å². The number of rotatable bonds is 7. The number of ether oxygens (including phenoxy) is 1. The molecular weight excluding hydrogens is 262 g/mol. The monoisotopic (exact) mass is 285 g/mol. The second-order valence-electron chi connectivity index (χ2n) is 5.22. The highest BCUT2D eigenvalue weighted by Gasteiger charge is 2.38. The van der Waals surface area contributed by atoms with E-state index in [0.717, 1.165) is 12.8 Å². The second-order valence-corrected chi connectivity index (χ2v) is 5.22. The number of aliphatic hydroxyl groups is 1. The van der Waals surface area contributed by atoms with Crippen LogP contribution < -0.4 is 5.32 Å². The van der Waals surface area contributed by atoms with Gasteiger partial charge in [0, 0.05) is 25.4 Å². The van der Waals surface area contributed by atoms with Crippen molar-refractivity contribution in [2.75, 3.05) is 13.7 Å². The Bertz CT molecular complexity index is 369. The molecule has 0 saturated heterocycles. The van der Waals surface area contributed by atoms with Crippen LogP contribution in [0.3, 0.4) is 0 Å². The molecular formula is C14H23NO5. The van der Waals surface area contributed by atoms with Gasteiger partial charge in [-0.15, -0.1) is 0 Å². The molecule has 3 atom stereocenters. The molecule has 6 nitrogen and oxygen atoms in total. The van der Waals surface area contributed by atoms with Gasteiger partial charge in [-0.1, -0.05) is 19.8 Å². The quantitative estimate of drug-likeness (QED) is 0.661. The lowest BCUT2D eigenvalue weighted by atomic mass is 9.95. The highest BCUT2D eigenvalue weighted by Crippen LogP contribution is 2.29. The summed E-state index contributed by atoms with van der Waals surface area (Å²) in [6.45, 7) is 1.80. The Hall–Kier alpha value is -1.43. The van der Waals surface area contributed by atoms with E-state index in [-0.39, 0.29) is 37.1 Å².